The molecule has 0 aliphatic rings. The fourth-order valence-electron chi connectivity index (χ4n) is 1.65. The molecule has 6 nitrogen and oxygen atoms in total. The van der Waals surface area contributed by atoms with Gasteiger partial charge in [0.1, 0.15) is 34.7 Å². The first-order valence-corrected chi connectivity index (χ1v) is 11.5. The molecule has 0 N–H and O–H groups in total. The van der Waals surface area contributed by atoms with Crippen LogP contribution in [0.3, 0.4) is 0 Å². The van der Waals surface area contributed by atoms with Gasteiger partial charge in [0, 0.05) is 17.8 Å². The molecule has 3 atom stereocenters. The van der Waals surface area contributed by atoms with Crippen LogP contribution < -0.4 is 0 Å². The van der Waals surface area contributed by atoms with Gasteiger partial charge in [-0.25, -0.2) is 0 Å². The van der Waals surface area contributed by atoms with Crippen LogP contribution in [0, 0.1) is 91.9 Å². The van der Waals surface area contributed by atoms with Crippen molar-refractivity contribution in [3.63, 3.8) is 0 Å². The van der Waals surface area contributed by atoms with E-state index in [4.69, 9.17) is 0 Å². The fraction of sp³-hybridized carbons (Fsp3) is 0.667. The average molecular weight is 605 g/mol. The summed E-state index contributed by atoms with van der Waals surface area (Å²) in [5.74, 6) is -1.11. The van der Waals surface area contributed by atoms with Gasteiger partial charge in [-0.15, -0.1) is 17.8 Å². The van der Waals surface area contributed by atoms with Crippen LogP contribution >= 0.6 is 0 Å². The molecule has 0 aliphatic carbocycles. The zero-order valence-electron chi connectivity index (χ0n) is 22.7. The van der Waals surface area contributed by atoms with Crippen molar-refractivity contribution < 1.29 is 64.4 Å². The normalized spacial score (nSPS) is 12.8. The van der Waals surface area contributed by atoms with Gasteiger partial charge in [0.05, 0.1) is 19.3 Å². The average Bonchev–Trinajstić information content (AvgIpc) is 2.67. The zero-order chi connectivity index (χ0) is 27.0. The van der Waals surface area contributed by atoms with Gasteiger partial charge in [-0.1, -0.05) is 62.3 Å². The molecule has 0 saturated carbocycles. The summed E-state index contributed by atoms with van der Waals surface area (Å²) < 4.78 is 0. The third kappa shape index (κ3) is 23.0. The van der Waals surface area contributed by atoms with Gasteiger partial charge in [-0.2, -0.15) is 0 Å². The van der Waals surface area contributed by atoms with Crippen molar-refractivity contribution in [3.05, 3.63) is 20.8 Å². The van der Waals surface area contributed by atoms with Crippen LogP contribution in [0.25, 0.3) is 0 Å². The predicted octanol–water partition coefficient (Wildman–Crippen LogP) is 4.92. The Morgan fingerprint density at radius 3 is 0.647 bits per heavy atom. The van der Waals surface area contributed by atoms with E-state index in [1.54, 1.807) is 62.3 Å². The summed E-state index contributed by atoms with van der Waals surface area (Å²) in [5, 5.41) is 0. The van der Waals surface area contributed by atoms with Gasteiger partial charge in [-0.3, -0.25) is 14.4 Å². The summed E-state index contributed by atoms with van der Waals surface area (Å²) in [6, 6.07) is 0. The van der Waals surface area contributed by atoms with Crippen molar-refractivity contribution in [3.8, 4) is 0 Å². The Morgan fingerprint density at radius 2 is 0.559 bits per heavy atom. The molecule has 0 bridgehead atoms. The molecule has 0 aromatic carbocycles. The molecule has 0 spiro atoms. The topological polar surface area (TPSA) is 102 Å². The van der Waals surface area contributed by atoms with E-state index in [1.165, 1.54) is 0 Å². The summed E-state index contributed by atoms with van der Waals surface area (Å²) in [6.45, 7) is 26.5. The molecule has 0 radical (unpaired) electrons. The Bertz CT molecular complexity index is 514. The summed E-state index contributed by atoms with van der Waals surface area (Å²) in [6.07, 6.45) is 0.132. The van der Waals surface area contributed by atoms with Crippen LogP contribution in [0.2, 0.25) is 0 Å². The molecule has 0 saturated heterocycles. The van der Waals surface area contributed by atoms with E-state index in [9.17, 15) is 28.8 Å². The Balaban J connectivity index is -0.000000196. The fourth-order valence-corrected chi connectivity index (χ4v) is 1.65. The molecule has 192 valence electrons. The first-order chi connectivity index (χ1) is 14.8. The zero-order valence-corrected chi connectivity index (χ0v) is 26.4. The molecule has 0 amide bonds. The Morgan fingerprint density at radius 1 is 0.412 bits per heavy atom. The standard InChI is InChI=1S/3C9H15O2.La/c3*1-6(2)8(10)5-9(11)7(3)4;/h3*6-7H,1,5H2,2-4H3;/q3*-1;+3. The number of hydrogen-bond donors (Lipinski definition) is 0. The summed E-state index contributed by atoms with van der Waals surface area (Å²) in [7, 11) is 0. The Kier molecular flexibility index (Phi) is 25.5. The van der Waals surface area contributed by atoms with Gasteiger partial charge in [0.2, 0.25) is 0 Å². The maximum Gasteiger partial charge on any atom is 3.00 e. The number of rotatable bonds is 12. The third-order valence-electron chi connectivity index (χ3n) is 4.63. The van der Waals surface area contributed by atoms with E-state index in [0.717, 1.165) is 0 Å². The Hall–Kier alpha value is -0.785. The monoisotopic (exact) mass is 604 g/mol. The van der Waals surface area contributed by atoms with Gasteiger partial charge in [-0.05, 0) is 0 Å². The minimum atomic E-state index is -0.266. The quantitative estimate of drug-likeness (QED) is 0.232. The smallest absolute Gasteiger partial charge is 0.333 e. The second-order valence-electron chi connectivity index (χ2n) is 9.50. The first-order valence-electron chi connectivity index (χ1n) is 11.5. The van der Waals surface area contributed by atoms with Crippen molar-refractivity contribution in [2.75, 3.05) is 0 Å². The molecule has 34 heavy (non-hydrogen) atoms. The first kappa shape index (κ1) is 40.4. The van der Waals surface area contributed by atoms with Crippen LogP contribution in [-0.2, 0) is 28.8 Å². The summed E-state index contributed by atoms with van der Waals surface area (Å²) in [4.78, 5) is 66.0. The molecule has 0 aliphatic heterocycles. The second-order valence-corrected chi connectivity index (χ2v) is 9.50. The van der Waals surface area contributed by atoms with Crippen molar-refractivity contribution in [1.82, 2.24) is 0 Å². The van der Waals surface area contributed by atoms with E-state index in [-0.39, 0.29) is 125 Å². The number of ketones is 6. The maximum atomic E-state index is 11.0. The molecule has 3 unspecified atom stereocenters. The van der Waals surface area contributed by atoms with Crippen LogP contribution in [0.1, 0.15) is 81.6 Å². The molecule has 7 heteroatoms. The van der Waals surface area contributed by atoms with Gasteiger partial charge in [0.15, 0.2) is 0 Å². The summed E-state index contributed by atoms with van der Waals surface area (Å²) in [5.41, 5.74) is 0. The van der Waals surface area contributed by atoms with Crippen LogP contribution in [0.5, 0.6) is 0 Å². The predicted molar refractivity (Wildman–Crippen MR) is 132 cm³/mol. The Labute approximate surface area is 235 Å². The second kappa shape index (κ2) is 21.5. The van der Waals surface area contributed by atoms with E-state index in [2.05, 4.69) is 20.8 Å². The van der Waals surface area contributed by atoms with Crippen LogP contribution in [0.15, 0.2) is 0 Å². The van der Waals surface area contributed by atoms with Crippen LogP contribution in [0.4, 0.5) is 0 Å². The molecular weight excluding hydrogens is 559 g/mol. The van der Waals surface area contributed by atoms with Gasteiger partial charge in [0.25, 0.3) is 0 Å². The van der Waals surface area contributed by atoms with Crippen molar-refractivity contribution in [2.45, 2.75) is 81.6 Å². The SMILES string of the molecule is [CH2-]C(C)C(=O)CC(=O)C(C)C.[CH2-]C(C)C(=O)CC(=O)C(C)C.[CH2-]C(C)C(=O)CC(=O)C(C)C.[La+3]. The van der Waals surface area contributed by atoms with E-state index < -0.39 is 0 Å². The molecule has 0 heterocycles. The van der Waals surface area contributed by atoms with E-state index in [0.29, 0.717) is 0 Å². The molecule has 0 fully saturated rings. The molecular formula is C27H45LaO6. The minimum Gasteiger partial charge on any atom is -0.333 e. The van der Waals surface area contributed by atoms with E-state index >= 15 is 0 Å². The van der Waals surface area contributed by atoms with Gasteiger partial charge < -0.3 is 35.2 Å². The number of carbonyl (C=O) groups excluding carboxylic acids is 6. The molecule has 0 aromatic rings. The number of Topliss-reactive ketones (excluding diaryl/α,β-unsaturated/α-hetero) is 6. The molecule has 0 aromatic heterocycles. The largest absolute Gasteiger partial charge is 3.00 e. The third-order valence-corrected chi connectivity index (χ3v) is 4.63. The van der Waals surface area contributed by atoms with Gasteiger partial charge >= 0.3 is 35.6 Å². The molecule has 0 rings (SSSR count). The van der Waals surface area contributed by atoms with Crippen LogP contribution in [-0.4, -0.2) is 34.7 Å². The maximum absolute atomic E-state index is 11.0. The summed E-state index contributed by atoms with van der Waals surface area (Å²) >= 11 is 0. The van der Waals surface area contributed by atoms with Crippen molar-refractivity contribution in [1.29, 1.82) is 0 Å². The number of hydrogen-bond acceptors (Lipinski definition) is 6. The number of carbonyl (C=O) groups is 6. The van der Waals surface area contributed by atoms with E-state index in [1.807, 2.05) is 0 Å². The minimum absolute atomic E-state index is 0. The van der Waals surface area contributed by atoms with Crippen molar-refractivity contribution in [2.24, 2.45) is 35.5 Å². The van der Waals surface area contributed by atoms with Crippen molar-refractivity contribution >= 4 is 34.7 Å².